The summed E-state index contributed by atoms with van der Waals surface area (Å²) in [6.07, 6.45) is 2.38. The van der Waals surface area contributed by atoms with Crippen molar-refractivity contribution in [3.05, 3.63) is 52.2 Å². The van der Waals surface area contributed by atoms with Gasteiger partial charge in [0, 0.05) is 19.3 Å². The number of hydrogen-bond acceptors (Lipinski definition) is 4. The molecule has 0 unspecified atom stereocenters. The number of carbonyl (C=O) groups excluding carboxylic acids is 1. The van der Waals surface area contributed by atoms with Gasteiger partial charge in [0.2, 0.25) is 0 Å². The van der Waals surface area contributed by atoms with Crippen molar-refractivity contribution in [2.24, 2.45) is 5.92 Å². The molecule has 2 aromatic rings. The summed E-state index contributed by atoms with van der Waals surface area (Å²) in [5, 5.41) is 0. The number of halogens is 1. The van der Waals surface area contributed by atoms with Gasteiger partial charge < -0.3 is 14.9 Å². The average molecular weight is 409 g/mol. The van der Waals surface area contributed by atoms with E-state index in [9.17, 15) is 22.4 Å². The molecule has 1 fully saturated rings. The Morgan fingerprint density at radius 2 is 1.96 bits per heavy atom. The zero-order valence-corrected chi connectivity index (χ0v) is 16.7. The molecule has 7 nitrogen and oxygen atoms in total. The van der Waals surface area contributed by atoms with E-state index in [0.29, 0.717) is 31.5 Å². The van der Waals surface area contributed by atoms with E-state index in [0.717, 1.165) is 0 Å². The average Bonchev–Trinajstić information content (AvgIpc) is 3.13. The fourth-order valence-corrected chi connectivity index (χ4v) is 5.56. The van der Waals surface area contributed by atoms with Crippen LogP contribution in [0.1, 0.15) is 42.7 Å². The van der Waals surface area contributed by atoms with Gasteiger partial charge >= 0.3 is 5.69 Å². The molecule has 0 bridgehead atoms. The molecular formula is C19H24FN3O4S. The summed E-state index contributed by atoms with van der Waals surface area (Å²) in [4.78, 5) is 30.2. The second-order valence-corrected chi connectivity index (χ2v) is 10.1. The topological polar surface area (TPSA) is 103 Å². The number of amides is 1. The molecule has 2 heterocycles. The van der Waals surface area contributed by atoms with Crippen LogP contribution in [0.25, 0.3) is 0 Å². The third-order valence-electron chi connectivity index (χ3n) is 5.65. The minimum Gasteiger partial charge on any atom is -0.337 e. The summed E-state index contributed by atoms with van der Waals surface area (Å²) in [5.74, 6) is -0.436. The molecule has 2 N–H and O–H groups in total. The molecule has 0 aliphatic carbocycles. The van der Waals surface area contributed by atoms with Crippen LogP contribution in [0, 0.1) is 5.92 Å². The Kier molecular flexibility index (Phi) is 5.47. The molecule has 0 saturated carbocycles. The van der Waals surface area contributed by atoms with Gasteiger partial charge in [0.25, 0.3) is 5.91 Å². The van der Waals surface area contributed by atoms with Crippen molar-refractivity contribution >= 4 is 15.7 Å². The first kappa shape index (κ1) is 20.3. The first-order valence-electron chi connectivity index (χ1n) is 9.13. The Bertz CT molecular complexity index is 1020. The second kappa shape index (κ2) is 7.54. The van der Waals surface area contributed by atoms with Crippen molar-refractivity contribution in [2.45, 2.75) is 43.0 Å². The van der Waals surface area contributed by atoms with E-state index in [1.165, 1.54) is 18.3 Å². The van der Waals surface area contributed by atoms with Gasteiger partial charge in [-0.2, -0.15) is 0 Å². The number of nitrogens with one attached hydrogen (secondary N) is 2. The molecular weight excluding hydrogens is 385 g/mol. The van der Waals surface area contributed by atoms with Crippen LogP contribution in [-0.4, -0.2) is 47.0 Å². The summed E-state index contributed by atoms with van der Waals surface area (Å²) >= 11 is 0. The van der Waals surface area contributed by atoms with Gasteiger partial charge in [-0.1, -0.05) is 12.1 Å². The van der Waals surface area contributed by atoms with Crippen molar-refractivity contribution in [3.63, 3.8) is 0 Å². The Morgan fingerprint density at radius 3 is 2.54 bits per heavy atom. The molecule has 3 rings (SSSR count). The smallest absolute Gasteiger partial charge is 0.323 e. The minimum absolute atomic E-state index is 0.121. The molecule has 28 heavy (non-hydrogen) atoms. The van der Waals surface area contributed by atoms with E-state index in [1.54, 1.807) is 30.9 Å². The zero-order chi connectivity index (χ0) is 20.5. The molecule has 1 aliphatic heterocycles. The van der Waals surface area contributed by atoms with Gasteiger partial charge in [0.15, 0.2) is 9.84 Å². The fraction of sp³-hybridized carbons (Fsp3) is 0.474. The van der Waals surface area contributed by atoms with Gasteiger partial charge in [-0.05, 0) is 50.3 Å². The maximum absolute atomic E-state index is 13.2. The lowest BCUT2D eigenvalue weighted by molar-refractivity contribution is 0.0669. The Balaban J connectivity index is 1.75. The van der Waals surface area contributed by atoms with Gasteiger partial charge in [0.05, 0.1) is 9.64 Å². The molecule has 152 valence electrons. The normalized spacial score (nSPS) is 16.3. The third kappa shape index (κ3) is 3.63. The predicted octanol–water partition coefficient (Wildman–Crippen LogP) is 2.28. The molecule has 0 atom stereocenters. The fourth-order valence-electron chi connectivity index (χ4n) is 3.71. The maximum Gasteiger partial charge on any atom is 0.323 e. The molecule has 0 spiro atoms. The van der Waals surface area contributed by atoms with Gasteiger partial charge in [0.1, 0.15) is 12.4 Å². The lowest BCUT2D eigenvalue weighted by Gasteiger charge is -2.40. The van der Waals surface area contributed by atoms with Crippen LogP contribution in [0.3, 0.4) is 0 Å². The zero-order valence-electron chi connectivity index (χ0n) is 15.9. The molecule has 1 amide bonds. The van der Waals surface area contributed by atoms with Crippen LogP contribution in [0.2, 0.25) is 0 Å². The van der Waals surface area contributed by atoms with Crippen LogP contribution < -0.4 is 5.69 Å². The number of carbonyl (C=O) groups is 1. The number of benzene rings is 1. The maximum atomic E-state index is 13.2. The Morgan fingerprint density at radius 1 is 1.29 bits per heavy atom. The van der Waals surface area contributed by atoms with E-state index in [4.69, 9.17) is 0 Å². The predicted molar refractivity (Wildman–Crippen MR) is 103 cm³/mol. The number of piperidine rings is 1. The van der Waals surface area contributed by atoms with Crippen LogP contribution in [0.4, 0.5) is 4.39 Å². The van der Waals surface area contributed by atoms with Crippen molar-refractivity contribution in [1.29, 1.82) is 0 Å². The number of rotatable bonds is 5. The lowest BCUT2D eigenvalue weighted by atomic mass is 9.86. The molecule has 1 saturated heterocycles. The molecule has 1 aromatic heterocycles. The Labute approximate surface area is 162 Å². The van der Waals surface area contributed by atoms with Crippen molar-refractivity contribution in [2.75, 3.05) is 13.1 Å². The molecule has 1 aliphatic rings. The van der Waals surface area contributed by atoms with Crippen LogP contribution in [0.5, 0.6) is 0 Å². The number of alkyl halides is 1. The standard InChI is InChI=1S/C19H24FN3O4S/c1-19(2,28(26,27)15-5-3-4-13(10-15)11-20)14-6-8-23(9-7-14)17(24)16-12-21-18(25)22-16/h3-5,10,12,14H,6-9,11H2,1-2H3,(H2,21,22,25). The lowest BCUT2D eigenvalue weighted by Crippen LogP contribution is -2.47. The summed E-state index contributed by atoms with van der Waals surface area (Å²) in [6.45, 7) is 3.47. The van der Waals surface area contributed by atoms with E-state index in [1.807, 2.05) is 0 Å². The summed E-state index contributed by atoms with van der Waals surface area (Å²) in [6, 6.07) is 5.99. The Hall–Kier alpha value is -2.42. The number of nitrogens with zero attached hydrogens (tertiary/aromatic N) is 1. The van der Waals surface area contributed by atoms with Gasteiger partial charge in [-0.3, -0.25) is 4.79 Å². The molecule has 9 heteroatoms. The third-order valence-corrected chi connectivity index (χ3v) is 8.24. The highest BCUT2D eigenvalue weighted by Crippen LogP contribution is 2.38. The summed E-state index contributed by atoms with van der Waals surface area (Å²) < 4.78 is 38.3. The van der Waals surface area contributed by atoms with Crippen molar-refractivity contribution < 1.29 is 17.6 Å². The number of aromatic amines is 2. The van der Waals surface area contributed by atoms with E-state index in [2.05, 4.69) is 9.97 Å². The summed E-state index contributed by atoms with van der Waals surface area (Å²) in [5.41, 5.74) is 0.0807. The highest BCUT2D eigenvalue weighted by atomic mass is 32.2. The van der Waals surface area contributed by atoms with Crippen LogP contribution >= 0.6 is 0 Å². The number of imidazole rings is 1. The highest BCUT2D eigenvalue weighted by Gasteiger charge is 2.44. The van der Waals surface area contributed by atoms with Crippen LogP contribution in [-0.2, 0) is 16.5 Å². The van der Waals surface area contributed by atoms with Crippen molar-refractivity contribution in [3.8, 4) is 0 Å². The minimum atomic E-state index is -3.68. The monoisotopic (exact) mass is 409 g/mol. The van der Waals surface area contributed by atoms with Gasteiger partial charge in [-0.15, -0.1) is 0 Å². The number of aromatic nitrogens is 2. The number of sulfone groups is 1. The number of H-pyrrole nitrogens is 2. The molecule has 1 aromatic carbocycles. The number of hydrogen-bond donors (Lipinski definition) is 2. The molecule has 0 radical (unpaired) electrons. The van der Waals surface area contributed by atoms with Gasteiger partial charge in [-0.25, -0.2) is 17.6 Å². The van der Waals surface area contributed by atoms with E-state index in [-0.39, 0.29) is 22.4 Å². The second-order valence-electron chi connectivity index (χ2n) is 7.61. The van der Waals surface area contributed by atoms with Crippen LogP contribution in [0.15, 0.2) is 40.2 Å². The highest BCUT2D eigenvalue weighted by molar-refractivity contribution is 7.92. The largest absolute Gasteiger partial charge is 0.337 e. The summed E-state index contributed by atoms with van der Waals surface area (Å²) in [7, 11) is -3.68. The van der Waals surface area contributed by atoms with E-state index >= 15 is 0 Å². The first-order valence-corrected chi connectivity index (χ1v) is 10.6. The quantitative estimate of drug-likeness (QED) is 0.791. The van der Waals surface area contributed by atoms with Crippen molar-refractivity contribution in [1.82, 2.24) is 14.9 Å². The van der Waals surface area contributed by atoms with E-state index < -0.39 is 26.9 Å². The number of likely N-dealkylation sites (tertiary alicyclic amines) is 1. The SMILES string of the molecule is CC(C)(C1CCN(C(=O)c2c[nH]c(=O)[nH]2)CC1)S(=O)(=O)c1cccc(CF)c1. The first-order chi connectivity index (χ1) is 13.2.